The molecule has 0 saturated heterocycles. The Balaban J connectivity index is 1.99. The van der Waals surface area contributed by atoms with E-state index < -0.39 is 0 Å². The molecular formula is C12H18OS. The zero-order chi connectivity index (χ0) is 10.1. The van der Waals surface area contributed by atoms with Gasteiger partial charge in [0.05, 0.1) is 6.61 Å². The average molecular weight is 210 g/mol. The summed E-state index contributed by atoms with van der Waals surface area (Å²) >= 11 is 1.92. The fraction of sp³-hybridized carbons (Fsp3) is 0.500. The van der Waals surface area contributed by atoms with E-state index in [4.69, 9.17) is 4.74 Å². The predicted octanol–water partition coefficient (Wildman–Crippen LogP) is 3.60. The molecule has 0 bridgehead atoms. The number of ether oxygens (including phenoxy) is 1. The van der Waals surface area contributed by atoms with Crippen LogP contribution >= 0.6 is 11.8 Å². The van der Waals surface area contributed by atoms with Gasteiger partial charge in [0.2, 0.25) is 0 Å². The third-order valence-corrected chi connectivity index (χ3v) is 2.70. The van der Waals surface area contributed by atoms with Crippen molar-refractivity contribution < 1.29 is 4.74 Å². The van der Waals surface area contributed by atoms with E-state index in [9.17, 15) is 0 Å². The van der Waals surface area contributed by atoms with Crippen LogP contribution < -0.4 is 4.74 Å². The molecule has 0 aliphatic heterocycles. The summed E-state index contributed by atoms with van der Waals surface area (Å²) in [5, 5.41) is 0. The Labute approximate surface area is 90.9 Å². The topological polar surface area (TPSA) is 9.23 Å². The first-order valence-corrected chi connectivity index (χ1v) is 6.49. The molecule has 1 rings (SSSR count). The van der Waals surface area contributed by atoms with E-state index in [1.165, 1.54) is 18.6 Å². The molecule has 0 aromatic heterocycles. The van der Waals surface area contributed by atoms with Crippen molar-refractivity contribution in [3.63, 3.8) is 0 Å². The van der Waals surface area contributed by atoms with Crippen LogP contribution in [0.4, 0.5) is 0 Å². The Kier molecular flexibility index (Phi) is 6.33. The molecule has 1 aromatic rings. The lowest BCUT2D eigenvalue weighted by molar-refractivity contribution is 0.306. The van der Waals surface area contributed by atoms with Crippen LogP contribution in [0.3, 0.4) is 0 Å². The maximum atomic E-state index is 5.58. The maximum Gasteiger partial charge on any atom is 0.119 e. The summed E-state index contributed by atoms with van der Waals surface area (Å²) < 4.78 is 5.58. The average Bonchev–Trinajstić information content (AvgIpc) is 2.25. The van der Waals surface area contributed by atoms with Gasteiger partial charge in [-0.15, -0.1) is 0 Å². The number of thioether (sulfide) groups is 1. The molecule has 0 saturated carbocycles. The van der Waals surface area contributed by atoms with Crippen molar-refractivity contribution in [2.45, 2.75) is 19.3 Å². The molecule has 0 aliphatic rings. The van der Waals surface area contributed by atoms with Crippen LogP contribution in [0.15, 0.2) is 30.3 Å². The van der Waals surface area contributed by atoms with E-state index in [2.05, 4.69) is 6.26 Å². The van der Waals surface area contributed by atoms with Crippen molar-refractivity contribution in [3.05, 3.63) is 30.3 Å². The molecule has 0 spiro atoms. The van der Waals surface area contributed by atoms with E-state index >= 15 is 0 Å². The SMILES string of the molecule is CSCCCCCOc1ccccc1. The molecule has 0 atom stereocenters. The summed E-state index contributed by atoms with van der Waals surface area (Å²) in [6.07, 6.45) is 5.89. The highest BCUT2D eigenvalue weighted by Crippen LogP contribution is 2.09. The van der Waals surface area contributed by atoms with Crippen LogP contribution in [0.1, 0.15) is 19.3 Å². The quantitative estimate of drug-likeness (QED) is 0.636. The van der Waals surface area contributed by atoms with Crippen LogP contribution in [-0.2, 0) is 0 Å². The number of para-hydroxylation sites is 1. The summed E-state index contributed by atoms with van der Waals surface area (Å²) in [6, 6.07) is 10.0. The van der Waals surface area contributed by atoms with E-state index in [-0.39, 0.29) is 0 Å². The van der Waals surface area contributed by atoms with Gasteiger partial charge in [0.25, 0.3) is 0 Å². The van der Waals surface area contributed by atoms with Crippen molar-refractivity contribution in [1.29, 1.82) is 0 Å². The number of unbranched alkanes of at least 4 members (excludes halogenated alkanes) is 2. The van der Waals surface area contributed by atoms with Gasteiger partial charge in [0.15, 0.2) is 0 Å². The smallest absolute Gasteiger partial charge is 0.119 e. The highest BCUT2D eigenvalue weighted by molar-refractivity contribution is 7.98. The van der Waals surface area contributed by atoms with Crippen LogP contribution in [0.2, 0.25) is 0 Å². The molecule has 2 heteroatoms. The normalized spacial score (nSPS) is 10.1. The largest absolute Gasteiger partial charge is 0.494 e. The van der Waals surface area contributed by atoms with Crippen LogP contribution in [-0.4, -0.2) is 18.6 Å². The molecule has 0 radical (unpaired) electrons. The van der Waals surface area contributed by atoms with Crippen molar-refractivity contribution in [2.24, 2.45) is 0 Å². The highest BCUT2D eigenvalue weighted by Gasteiger charge is 1.91. The first kappa shape index (κ1) is 11.4. The lowest BCUT2D eigenvalue weighted by Gasteiger charge is -2.04. The minimum Gasteiger partial charge on any atom is -0.494 e. The Morgan fingerprint density at radius 1 is 1.07 bits per heavy atom. The third-order valence-electron chi connectivity index (χ3n) is 2.00. The molecule has 0 unspecified atom stereocenters. The standard InChI is InChI=1S/C12H18OS/c1-14-11-7-3-6-10-13-12-8-4-2-5-9-12/h2,4-5,8-9H,3,6-7,10-11H2,1H3. The van der Waals surface area contributed by atoms with E-state index in [0.29, 0.717) is 0 Å². The van der Waals surface area contributed by atoms with Crippen molar-refractivity contribution in [2.75, 3.05) is 18.6 Å². The number of benzene rings is 1. The molecule has 0 aliphatic carbocycles. The molecule has 0 heterocycles. The third kappa shape index (κ3) is 5.18. The molecule has 1 aromatic carbocycles. The van der Waals surface area contributed by atoms with Gasteiger partial charge in [-0.25, -0.2) is 0 Å². The summed E-state index contributed by atoms with van der Waals surface area (Å²) in [5.74, 6) is 2.25. The second-order valence-electron chi connectivity index (χ2n) is 3.21. The lowest BCUT2D eigenvalue weighted by Crippen LogP contribution is -1.97. The lowest BCUT2D eigenvalue weighted by atomic mass is 10.3. The van der Waals surface area contributed by atoms with Gasteiger partial charge < -0.3 is 4.74 Å². The number of rotatable bonds is 7. The molecule has 0 amide bonds. The second kappa shape index (κ2) is 7.74. The van der Waals surface area contributed by atoms with Gasteiger partial charge in [-0.3, -0.25) is 0 Å². The number of hydrogen-bond acceptors (Lipinski definition) is 2. The molecule has 0 fully saturated rings. The summed E-state index contributed by atoms with van der Waals surface area (Å²) in [5.41, 5.74) is 0. The minimum absolute atomic E-state index is 0.846. The van der Waals surface area contributed by atoms with E-state index in [0.717, 1.165) is 18.8 Å². The van der Waals surface area contributed by atoms with Gasteiger partial charge in [0.1, 0.15) is 5.75 Å². The predicted molar refractivity (Wildman–Crippen MR) is 64.2 cm³/mol. The fourth-order valence-corrected chi connectivity index (χ4v) is 1.72. The molecule has 0 N–H and O–H groups in total. The molecule has 1 nitrogen and oxygen atoms in total. The Hall–Kier alpha value is -0.630. The second-order valence-corrected chi connectivity index (χ2v) is 4.20. The van der Waals surface area contributed by atoms with Crippen molar-refractivity contribution in [1.82, 2.24) is 0 Å². The maximum absolute atomic E-state index is 5.58. The number of hydrogen-bond donors (Lipinski definition) is 0. The summed E-state index contributed by atoms with van der Waals surface area (Å²) in [4.78, 5) is 0. The Morgan fingerprint density at radius 2 is 1.86 bits per heavy atom. The summed E-state index contributed by atoms with van der Waals surface area (Å²) in [7, 11) is 0. The van der Waals surface area contributed by atoms with E-state index in [1.54, 1.807) is 0 Å². The van der Waals surface area contributed by atoms with Crippen molar-refractivity contribution in [3.8, 4) is 5.75 Å². The minimum atomic E-state index is 0.846. The summed E-state index contributed by atoms with van der Waals surface area (Å²) in [6.45, 7) is 0.846. The zero-order valence-electron chi connectivity index (χ0n) is 8.74. The van der Waals surface area contributed by atoms with Crippen LogP contribution in [0, 0.1) is 0 Å². The van der Waals surface area contributed by atoms with Gasteiger partial charge in [-0.2, -0.15) is 11.8 Å². The van der Waals surface area contributed by atoms with Gasteiger partial charge in [0, 0.05) is 0 Å². The monoisotopic (exact) mass is 210 g/mol. The first-order chi connectivity index (χ1) is 6.93. The van der Waals surface area contributed by atoms with Crippen LogP contribution in [0.25, 0.3) is 0 Å². The van der Waals surface area contributed by atoms with Crippen molar-refractivity contribution >= 4 is 11.8 Å². The van der Waals surface area contributed by atoms with Gasteiger partial charge in [-0.05, 0) is 43.4 Å². The zero-order valence-corrected chi connectivity index (χ0v) is 9.56. The Morgan fingerprint density at radius 3 is 2.57 bits per heavy atom. The van der Waals surface area contributed by atoms with Crippen LogP contribution in [0.5, 0.6) is 5.75 Å². The molecular weight excluding hydrogens is 192 g/mol. The van der Waals surface area contributed by atoms with Gasteiger partial charge in [-0.1, -0.05) is 18.2 Å². The Bertz CT molecular complexity index is 223. The van der Waals surface area contributed by atoms with Gasteiger partial charge >= 0.3 is 0 Å². The fourth-order valence-electron chi connectivity index (χ4n) is 1.23. The highest BCUT2D eigenvalue weighted by atomic mass is 32.2. The molecule has 14 heavy (non-hydrogen) atoms. The van der Waals surface area contributed by atoms with E-state index in [1.807, 2.05) is 42.1 Å². The molecule has 78 valence electrons. The first-order valence-electron chi connectivity index (χ1n) is 5.10.